The molecule has 0 saturated carbocycles. The highest BCUT2D eigenvalue weighted by Crippen LogP contribution is 2.18. The third-order valence-electron chi connectivity index (χ3n) is 2.97. The Kier molecular flexibility index (Phi) is 6.39. The average molecular weight is 295 g/mol. The number of aliphatic carboxylic acids is 1. The maximum Gasteiger partial charge on any atom is 0.308 e. The lowest BCUT2D eigenvalue weighted by Gasteiger charge is -2.09. The van der Waals surface area contributed by atoms with Crippen molar-refractivity contribution >= 4 is 18.0 Å². The number of ether oxygens (including phenoxy) is 1. The number of hydrogen-bond acceptors (Lipinski definition) is 3. The molecule has 6 heteroatoms. The van der Waals surface area contributed by atoms with Crippen LogP contribution in [0.1, 0.15) is 18.9 Å². The SMILES string of the molecule is CCC(CNC(=O)C=Cc1ccc(OC)c(F)c1)C(=O)O. The molecule has 0 heterocycles. The van der Waals surface area contributed by atoms with E-state index in [9.17, 15) is 14.0 Å². The number of carbonyl (C=O) groups is 2. The van der Waals surface area contributed by atoms with Crippen molar-refractivity contribution in [2.45, 2.75) is 13.3 Å². The molecular formula is C15H18FNO4. The van der Waals surface area contributed by atoms with Gasteiger partial charge in [-0.25, -0.2) is 4.39 Å². The Balaban J connectivity index is 2.58. The number of rotatable bonds is 7. The van der Waals surface area contributed by atoms with Gasteiger partial charge in [-0.2, -0.15) is 0 Å². The predicted molar refractivity (Wildman–Crippen MR) is 76.4 cm³/mol. The Hall–Kier alpha value is -2.37. The smallest absolute Gasteiger partial charge is 0.308 e. The van der Waals surface area contributed by atoms with Gasteiger partial charge in [0.15, 0.2) is 11.6 Å². The molecule has 0 saturated heterocycles. The quantitative estimate of drug-likeness (QED) is 0.755. The normalized spacial score (nSPS) is 12.1. The van der Waals surface area contributed by atoms with Gasteiger partial charge in [0, 0.05) is 12.6 Å². The molecular weight excluding hydrogens is 277 g/mol. The molecule has 1 aromatic rings. The van der Waals surface area contributed by atoms with E-state index in [0.717, 1.165) is 0 Å². The number of methoxy groups -OCH3 is 1. The lowest BCUT2D eigenvalue weighted by Crippen LogP contribution is -2.31. The van der Waals surface area contributed by atoms with Crippen molar-refractivity contribution in [1.82, 2.24) is 5.32 Å². The average Bonchev–Trinajstić information content (AvgIpc) is 2.45. The molecule has 1 rings (SSSR count). The second-order valence-electron chi connectivity index (χ2n) is 4.42. The van der Waals surface area contributed by atoms with Gasteiger partial charge in [0.2, 0.25) is 5.91 Å². The largest absolute Gasteiger partial charge is 0.494 e. The number of nitrogens with one attached hydrogen (secondary N) is 1. The van der Waals surface area contributed by atoms with Crippen molar-refractivity contribution in [3.63, 3.8) is 0 Å². The van der Waals surface area contributed by atoms with Crippen molar-refractivity contribution in [3.05, 3.63) is 35.7 Å². The summed E-state index contributed by atoms with van der Waals surface area (Å²) in [7, 11) is 1.37. The van der Waals surface area contributed by atoms with Gasteiger partial charge < -0.3 is 15.2 Å². The topological polar surface area (TPSA) is 75.6 Å². The van der Waals surface area contributed by atoms with Crippen LogP contribution in [-0.4, -0.2) is 30.6 Å². The molecule has 0 aliphatic heterocycles. The fourth-order valence-corrected chi connectivity index (χ4v) is 1.65. The fourth-order valence-electron chi connectivity index (χ4n) is 1.65. The summed E-state index contributed by atoms with van der Waals surface area (Å²) < 4.78 is 18.2. The molecule has 0 aliphatic rings. The Morgan fingerprint density at radius 1 is 1.48 bits per heavy atom. The second kappa shape index (κ2) is 8.04. The van der Waals surface area contributed by atoms with Gasteiger partial charge in [-0.3, -0.25) is 9.59 Å². The van der Waals surface area contributed by atoms with Gasteiger partial charge in [0.25, 0.3) is 0 Å². The Labute approximate surface area is 122 Å². The van der Waals surface area contributed by atoms with Crippen LogP contribution < -0.4 is 10.1 Å². The third kappa shape index (κ3) is 5.25. The van der Waals surface area contributed by atoms with Gasteiger partial charge in [-0.1, -0.05) is 13.0 Å². The highest BCUT2D eigenvalue weighted by molar-refractivity contribution is 5.92. The van der Waals surface area contributed by atoms with Crippen molar-refractivity contribution in [1.29, 1.82) is 0 Å². The summed E-state index contributed by atoms with van der Waals surface area (Å²) >= 11 is 0. The fraction of sp³-hybridized carbons (Fsp3) is 0.333. The van der Waals surface area contributed by atoms with E-state index in [1.165, 1.54) is 31.4 Å². The van der Waals surface area contributed by atoms with Crippen molar-refractivity contribution < 1.29 is 23.8 Å². The maximum atomic E-state index is 13.4. The molecule has 5 nitrogen and oxygen atoms in total. The molecule has 0 bridgehead atoms. The Morgan fingerprint density at radius 3 is 2.71 bits per heavy atom. The Bertz CT molecular complexity index is 542. The van der Waals surface area contributed by atoms with Crippen LogP contribution in [0.25, 0.3) is 6.08 Å². The summed E-state index contributed by atoms with van der Waals surface area (Å²) in [5, 5.41) is 11.3. The van der Waals surface area contributed by atoms with Crippen LogP contribution in [0, 0.1) is 11.7 Å². The van der Waals surface area contributed by atoms with Crippen LogP contribution >= 0.6 is 0 Å². The summed E-state index contributed by atoms with van der Waals surface area (Å²) in [5.74, 6) is -2.37. The number of benzene rings is 1. The van der Waals surface area contributed by atoms with E-state index >= 15 is 0 Å². The van der Waals surface area contributed by atoms with Crippen LogP contribution in [-0.2, 0) is 9.59 Å². The standard InChI is InChI=1S/C15H18FNO4/c1-3-11(15(19)20)9-17-14(18)7-5-10-4-6-13(21-2)12(16)8-10/h4-8,11H,3,9H2,1-2H3,(H,17,18)(H,19,20). The molecule has 0 aromatic heterocycles. The number of carboxylic acids is 1. The lowest BCUT2D eigenvalue weighted by molar-refractivity contribution is -0.141. The maximum absolute atomic E-state index is 13.4. The number of hydrogen-bond donors (Lipinski definition) is 2. The van der Waals surface area contributed by atoms with E-state index < -0.39 is 23.6 Å². The van der Waals surface area contributed by atoms with Gasteiger partial charge in [0.1, 0.15) is 0 Å². The van der Waals surface area contributed by atoms with Crippen LogP contribution in [0.4, 0.5) is 4.39 Å². The van der Waals surface area contributed by atoms with E-state index in [-0.39, 0.29) is 12.3 Å². The minimum atomic E-state index is -0.945. The van der Waals surface area contributed by atoms with Crippen LogP contribution in [0.15, 0.2) is 24.3 Å². The van der Waals surface area contributed by atoms with Crippen LogP contribution in [0.2, 0.25) is 0 Å². The number of amides is 1. The van der Waals surface area contributed by atoms with E-state index in [1.807, 2.05) is 0 Å². The van der Waals surface area contributed by atoms with E-state index in [1.54, 1.807) is 13.0 Å². The van der Waals surface area contributed by atoms with Gasteiger partial charge in [0.05, 0.1) is 13.0 Å². The molecule has 1 aromatic carbocycles. The summed E-state index contributed by atoms with van der Waals surface area (Å²) in [4.78, 5) is 22.4. The first-order chi connectivity index (χ1) is 9.97. The molecule has 1 amide bonds. The zero-order valence-corrected chi connectivity index (χ0v) is 11.9. The first-order valence-corrected chi connectivity index (χ1v) is 6.50. The number of carbonyl (C=O) groups excluding carboxylic acids is 1. The predicted octanol–water partition coefficient (Wildman–Crippen LogP) is 2.07. The van der Waals surface area contributed by atoms with Crippen LogP contribution in [0.5, 0.6) is 5.75 Å². The highest BCUT2D eigenvalue weighted by atomic mass is 19.1. The molecule has 0 spiro atoms. The van der Waals surface area contributed by atoms with Crippen molar-refractivity contribution in [2.24, 2.45) is 5.92 Å². The van der Waals surface area contributed by atoms with Gasteiger partial charge in [-0.05, 0) is 30.2 Å². The summed E-state index contributed by atoms with van der Waals surface area (Å²) in [6.45, 7) is 1.80. The van der Waals surface area contributed by atoms with E-state index in [0.29, 0.717) is 12.0 Å². The summed E-state index contributed by atoms with van der Waals surface area (Å²) in [6, 6.07) is 4.32. The Morgan fingerprint density at radius 2 is 2.19 bits per heavy atom. The third-order valence-corrected chi connectivity index (χ3v) is 2.97. The van der Waals surface area contributed by atoms with Crippen molar-refractivity contribution in [3.8, 4) is 5.75 Å². The molecule has 1 atom stereocenters. The molecule has 0 fully saturated rings. The summed E-state index contributed by atoms with van der Waals surface area (Å²) in [6.07, 6.45) is 3.11. The monoisotopic (exact) mass is 295 g/mol. The second-order valence-corrected chi connectivity index (χ2v) is 4.42. The molecule has 0 aliphatic carbocycles. The van der Waals surface area contributed by atoms with Gasteiger partial charge >= 0.3 is 5.97 Å². The molecule has 1 unspecified atom stereocenters. The molecule has 2 N–H and O–H groups in total. The van der Waals surface area contributed by atoms with Gasteiger partial charge in [-0.15, -0.1) is 0 Å². The number of carboxylic acid groups (broad SMARTS) is 1. The molecule has 114 valence electrons. The summed E-state index contributed by atoms with van der Waals surface area (Å²) in [5.41, 5.74) is 0.508. The highest BCUT2D eigenvalue weighted by Gasteiger charge is 2.14. The zero-order valence-electron chi connectivity index (χ0n) is 11.9. The van der Waals surface area contributed by atoms with E-state index in [2.05, 4.69) is 5.32 Å². The first kappa shape index (κ1) is 16.7. The first-order valence-electron chi connectivity index (χ1n) is 6.50. The zero-order chi connectivity index (χ0) is 15.8. The number of halogens is 1. The van der Waals surface area contributed by atoms with Crippen molar-refractivity contribution in [2.75, 3.05) is 13.7 Å². The molecule has 0 radical (unpaired) electrons. The van der Waals surface area contributed by atoms with Crippen LogP contribution in [0.3, 0.4) is 0 Å². The minimum absolute atomic E-state index is 0.0615. The minimum Gasteiger partial charge on any atom is -0.494 e. The molecule has 21 heavy (non-hydrogen) atoms. The van der Waals surface area contributed by atoms with E-state index in [4.69, 9.17) is 9.84 Å². The lowest BCUT2D eigenvalue weighted by atomic mass is 10.1.